The van der Waals surface area contributed by atoms with Gasteiger partial charge in [0.2, 0.25) is 0 Å². The van der Waals surface area contributed by atoms with Crippen molar-refractivity contribution < 1.29 is 9.47 Å². The highest BCUT2D eigenvalue weighted by atomic mass is 32.2. The summed E-state index contributed by atoms with van der Waals surface area (Å²) in [6.45, 7) is 1.87. The van der Waals surface area contributed by atoms with E-state index >= 15 is 0 Å². The highest BCUT2D eigenvalue weighted by Gasteiger charge is 2.08. The third kappa shape index (κ3) is 5.74. The average molecular weight is 283 g/mol. The van der Waals surface area contributed by atoms with Crippen molar-refractivity contribution in [3.63, 3.8) is 0 Å². The van der Waals surface area contributed by atoms with Crippen molar-refractivity contribution in [1.29, 1.82) is 0 Å². The summed E-state index contributed by atoms with van der Waals surface area (Å²) in [5.41, 5.74) is 1.14. The molecule has 0 aliphatic heterocycles. The molecule has 108 valence electrons. The molecule has 0 saturated carbocycles. The van der Waals surface area contributed by atoms with Crippen LogP contribution in [0, 0.1) is 0 Å². The first kappa shape index (κ1) is 16.2. The second-order valence-electron chi connectivity index (χ2n) is 4.38. The van der Waals surface area contributed by atoms with Gasteiger partial charge < -0.3 is 14.8 Å². The largest absolute Gasteiger partial charge is 0.493 e. The number of para-hydroxylation sites is 1. The van der Waals surface area contributed by atoms with Crippen LogP contribution in [-0.2, 0) is 6.54 Å². The van der Waals surface area contributed by atoms with Gasteiger partial charge >= 0.3 is 0 Å². The molecule has 3 nitrogen and oxygen atoms in total. The topological polar surface area (TPSA) is 30.5 Å². The third-order valence-corrected chi connectivity index (χ3v) is 3.70. The molecule has 0 atom stereocenters. The third-order valence-electron chi connectivity index (χ3n) is 3.00. The Labute approximate surface area is 121 Å². The normalized spacial score (nSPS) is 10.5. The van der Waals surface area contributed by atoms with E-state index < -0.39 is 0 Å². The van der Waals surface area contributed by atoms with E-state index in [1.807, 2.05) is 23.9 Å². The minimum Gasteiger partial charge on any atom is -0.493 e. The van der Waals surface area contributed by atoms with Crippen molar-refractivity contribution in [2.75, 3.05) is 32.8 Å². The molecule has 0 aromatic heterocycles. The molecule has 0 bridgehead atoms. The summed E-state index contributed by atoms with van der Waals surface area (Å²) in [5.74, 6) is 2.89. The van der Waals surface area contributed by atoms with Gasteiger partial charge in [0.1, 0.15) is 0 Å². The van der Waals surface area contributed by atoms with Crippen molar-refractivity contribution in [2.24, 2.45) is 0 Å². The van der Waals surface area contributed by atoms with Crippen molar-refractivity contribution in [3.05, 3.63) is 23.8 Å². The Kier molecular flexibility index (Phi) is 8.50. The van der Waals surface area contributed by atoms with Crippen LogP contribution in [0.4, 0.5) is 0 Å². The van der Waals surface area contributed by atoms with Gasteiger partial charge in [0, 0.05) is 12.1 Å². The minimum absolute atomic E-state index is 0.793. The predicted molar refractivity (Wildman–Crippen MR) is 83.5 cm³/mol. The molecular weight excluding hydrogens is 258 g/mol. The Morgan fingerprint density at radius 1 is 1.11 bits per heavy atom. The standard InChI is InChI=1S/C15H25NO2S/c1-17-14-9-7-8-13(15(14)18-2)12-16-10-5-4-6-11-19-3/h7-9,16H,4-6,10-12H2,1-3H3. The highest BCUT2D eigenvalue weighted by Crippen LogP contribution is 2.30. The lowest BCUT2D eigenvalue weighted by atomic mass is 10.1. The fraction of sp³-hybridized carbons (Fsp3) is 0.600. The first-order valence-corrected chi connectivity index (χ1v) is 8.12. The zero-order chi connectivity index (χ0) is 13.9. The van der Waals surface area contributed by atoms with Gasteiger partial charge in [0.25, 0.3) is 0 Å². The number of ether oxygens (including phenoxy) is 2. The Balaban J connectivity index is 2.33. The van der Waals surface area contributed by atoms with E-state index in [1.165, 1.54) is 25.0 Å². The van der Waals surface area contributed by atoms with Crippen molar-refractivity contribution in [1.82, 2.24) is 5.32 Å². The second kappa shape index (κ2) is 9.98. The molecule has 0 fully saturated rings. The number of thioether (sulfide) groups is 1. The van der Waals surface area contributed by atoms with Gasteiger partial charge in [-0.1, -0.05) is 18.6 Å². The molecule has 0 spiro atoms. The summed E-state index contributed by atoms with van der Waals surface area (Å²) in [7, 11) is 3.35. The van der Waals surface area contributed by atoms with Crippen LogP contribution in [0.5, 0.6) is 11.5 Å². The number of hydrogen-bond acceptors (Lipinski definition) is 4. The van der Waals surface area contributed by atoms with Crippen LogP contribution < -0.4 is 14.8 Å². The maximum atomic E-state index is 5.41. The summed E-state index contributed by atoms with van der Waals surface area (Å²) in [6.07, 6.45) is 5.99. The zero-order valence-corrected chi connectivity index (χ0v) is 13.0. The summed E-state index contributed by atoms with van der Waals surface area (Å²) >= 11 is 1.92. The second-order valence-corrected chi connectivity index (χ2v) is 5.37. The van der Waals surface area contributed by atoms with E-state index in [4.69, 9.17) is 9.47 Å². The van der Waals surface area contributed by atoms with Gasteiger partial charge in [-0.25, -0.2) is 0 Å². The van der Waals surface area contributed by atoms with Gasteiger partial charge in [-0.15, -0.1) is 0 Å². The summed E-state index contributed by atoms with van der Waals surface area (Å²) in [4.78, 5) is 0. The fourth-order valence-corrected chi connectivity index (χ4v) is 2.48. The molecule has 0 radical (unpaired) electrons. The molecule has 0 amide bonds. The first-order valence-electron chi connectivity index (χ1n) is 6.73. The minimum atomic E-state index is 0.793. The van der Waals surface area contributed by atoms with Crippen LogP contribution in [-0.4, -0.2) is 32.8 Å². The number of rotatable bonds is 10. The summed E-state index contributed by atoms with van der Waals surface area (Å²) in [5, 5.41) is 3.46. The van der Waals surface area contributed by atoms with Gasteiger partial charge in [-0.2, -0.15) is 11.8 Å². The quantitative estimate of drug-likeness (QED) is 0.667. The molecule has 19 heavy (non-hydrogen) atoms. The van der Waals surface area contributed by atoms with Crippen LogP contribution in [0.15, 0.2) is 18.2 Å². The van der Waals surface area contributed by atoms with Crippen molar-refractivity contribution in [2.45, 2.75) is 25.8 Å². The Bertz CT molecular complexity index is 358. The SMILES string of the molecule is COc1cccc(CNCCCCCSC)c1OC. The number of methoxy groups -OCH3 is 2. The Hall–Kier alpha value is -0.870. The predicted octanol–water partition coefficient (Wildman–Crippen LogP) is 3.33. The Morgan fingerprint density at radius 2 is 1.95 bits per heavy atom. The van der Waals surface area contributed by atoms with Crippen LogP contribution in [0.2, 0.25) is 0 Å². The molecule has 0 aliphatic carbocycles. The van der Waals surface area contributed by atoms with E-state index in [0.717, 1.165) is 30.2 Å². The van der Waals surface area contributed by atoms with Gasteiger partial charge in [0.05, 0.1) is 14.2 Å². The molecule has 1 N–H and O–H groups in total. The smallest absolute Gasteiger partial charge is 0.165 e. The van der Waals surface area contributed by atoms with Gasteiger partial charge in [-0.3, -0.25) is 0 Å². The van der Waals surface area contributed by atoms with E-state index in [2.05, 4.69) is 17.6 Å². The van der Waals surface area contributed by atoms with Crippen LogP contribution >= 0.6 is 11.8 Å². The summed E-state index contributed by atoms with van der Waals surface area (Å²) in [6, 6.07) is 5.99. The molecular formula is C15H25NO2S. The number of nitrogens with one attached hydrogen (secondary N) is 1. The molecule has 4 heteroatoms. The molecule has 0 heterocycles. The number of hydrogen-bond donors (Lipinski definition) is 1. The van der Waals surface area contributed by atoms with Crippen molar-refractivity contribution in [3.8, 4) is 11.5 Å². The van der Waals surface area contributed by atoms with Crippen LogP contribution in [0.25, 0.3) is 0 Å². The van der Waals surface area contributed by atoms with Crippen LogP contribution in [0.1, 0.15) is 24.8 Å². The molecule has 0 saturated heterocycles. The monoisotopic (exact) mass is 283 g/mol. The van der Waals surface area contributed by atoms with Gasteiger partial charge in [-0.05, 0) is 37.5 Å². The molecule has 1 aromatic rings. The lowest BCUT2D eigenvalue weighted by molar-refractivity contribution is 0.350. The fourth-order valence-electron chi connectivity index (χ4n) is 1.99. The zero-order valence-electron chi connectivity index (χ0n) is 12.2. The maximum absolute atomic E-state index is 5.41. The van der Waals surface area contributed by atoms with E-state index in [-0.39, 0.29) is 0 Å². The molecule has 0 aliphatic rings. The first-order chi connectivity index (χ1) is 9.33. The number of unbranched alkanes of at least 4 members (excludes halogenated alkanes) is 2. The molecule has 0 unspecified atom stereocenters. The lowest BCUT2D eigenvalue weighted by Gasteiger charge is -2.13. The lowest BCUT2D eigenvalue weighted by Crippen LogP contribution is -2.15. The highest BCUT2D eigenvalue weighted by molar-refractivity contribution is 7.98. The van der Waals surface area contributed by atoms with E-state index in [1.54, 1.807) is 14.2 Å². The van der Waals surface area contributed by atoms with Crippen LogP contribution in [0.3, 0.4) is 0 Å². The Morgan fingerprint density at radius 3 is 2.63 bits per heavy atom. The van der Waals surface area contributed by atoms with E-state index in [9.17, 15) is 0 Å². The average Bonchev–Trinajstić information content (AvgIpc) is 2.45. The maximum Gasteiger partial charge on any atom is 0.165 e. The summed E-state index contributed by atoms with van der Waals surface area (Å²) < 4.78 is 10.7. The molecule has 1 rings (SSSR count). The number of benzene rings is 1. The van der Waals surface area contributed by atoms with Gasteiger partial charge in [0.15, 0.2) is 11.5 Å². The van der Waals surface area contributed by atoms with E-state index in [0.29, 0.717) is 0 Å². The van der Waals surface area contributed by atoms with Crippen molar-refractivity contribution >= 4 is 11.8 Å². The molecule has 1 aromatic carbocycles.